The molecular weight excluding hydrogens is 286 g/mol. The maximum absolute atomic E-state index is 11.0. The third kappa shape index (κ3) is 3.34. The summed E-state index contributed by atoms with van der Waals surface area (Å²) in [5, 5.41) is 11.3. The number of halogens is 1. The topological polar surface area (TPSA) is 52.4 Å². The monoisotopic (exact) mass is 301 g/mol. The van der Waals surface area contributed by atoms with Crippen LogP contribution in [0.5, 0.6) is 5.75 Å². The lowest BCUT2D eigenvalue weighted by Crippen LogP contribution is -2.27. The molecule has 0 radical (unpaired) electrons. The van der Waals surface area contributed by atoms with Crippen molar-refractivity contribution in [2.45, 2.75) is 25.7 Å². The van der Waals surface area contributed by atoms with E-state index in [1.165, 1.54) is 18.9 Å². The second-order valence-electron chi connectivity index (χ2n) is 5.02. The number of nitro benzene ring substituents is 1. The van der Waals surface area contributed by atoms with Gasteiger partial charge in [-0.15, -0.1) is 0 Å². The van der Waals surface area contributed by atoms with Crippen molar-refractivity contribution >= 4 is 29.9 Å². The molecule has 0 N–H and O–H groups in total. The highest BCUT2D eigenvalue weighted by Crippen LogP contribution is 2.40. The lowest BCUT2D eigenvalue weighted by atomic mass is 9.90. The Morgan fingerprint density at radius 2 is 2.11 bits per heavy atom. The summed E-state index contributed by atoms with van der Waals surface area (Å²) >= 11 is 10.2. The summed E-state index contributed by atoms with van der Waals surface area (Å²) < 4.78 is 5.68. The molecule has 0 saturated heterocycles. The summed E-state index contributed by atoms with van der Waals surface area (Å²) in [6.45, 7) is 0.471. The number of nitrogens with zero attached hydrogens (tertiary/aromatic N) is 1. The lowest BCUT2D eigenvalue weighted by Gasteiger charge is -2.26. The number of hydrogen-bond donors (Lipinski definition) is 1. The predicted octanol–water partition coefficient (Wildman–Crippen LogP) is 4.12. The van der Waals surface area contributed by atoms with Crippen LogP contribution in [-0.2, 0) is 0 Å². The number of hydrogen-bond acceptors (Lipinski definition) is 4. The van der Waals surface area contributed by atoms with E-state index in [0.717, 1.165) is 18.6 Å². The summed E-state index contributed by atoms with van der Waals surface area (Å²) in [6.07, 6.45) is 4.48. The molecular formula is C13H16ClNO3S. The van der Waals surface area contributed by atoms with Crippen molar-refractivity contribution in [1.29, 1.82) is 0 Å². The first kappa shape index (κ1) is 14.5. The second-order valence-corrected chi connectivity index (χ2v) is 5.78. The van der Waals surface area contributed by atoms with E-state index < -0.39 is 4.92 Å². The van der Waals surface area contributed by atoms with E-state index in [1.807, 2.05) is 0 Å². The van der Waals surface area contributed by atoms with Crippen molar-refractivity contribution < 1.29 is 9.66 Å². The molecule has 6 heteroatoms. The normalized spacial score (nSPS) is 17.4. The van der Waals surface area contributed by atoms with Crippen molar-refractivity contribution in [3.63, 3.8) is 0 Å². The molecule has 0 atom stereocenters. The largest absolute Gasteiger partial charge is 0.486 e. The standard InChI is InChI=1S/C13H16ClNO3S/c14-10-3-4-12(11(7-10)15(16)17)18-8-13(9-19)5-1-2-6-13/h3-4,7,19H,1-2,5-6,8-9H2. The van der Waals surface area contributed by atoms with E-state index in [0.29, 0.717) is 11.6 Å². The Kier molecular flexibility index (Phi) is 4.58. The highest BCUT2D eigenvalue weighted by molar-refractivity contribution is 7.80. The molecule has 0 amide bonds. The van der Waals surface area contributed by atoms with Crippen molar-refractivity contribution in [3.05, 3.63) is 33.3 Å². The van der Waals surface area contributed by atoms with Gasteiger partial charge in [-0.3, -0.25) is 10.1 Å². The van der Waals surface area contributed by atoms with E-state index >= 15 is 0 Å². The second kappa shape index (κ2) is 6.01. The third-order valence-electron chi connectivity index (χ3n) is 3.65. The van der Waals surface area contributed by atoms with Crippen LogP contribution in [0.3, 0.4) is 0 Å². The van der Waals surface area contributed by atoms with Crippen LogP contribution in [0.2, 0.25) is 5.02 Å². The van der Waals surface area contributed by atoms with Crippen molar-refractivity contribution in [3.8, 4) is 5.75 Å². The minimum absolute atomic E-state index is 0.0522. The fraction of sp³-hybridized carbons (Fsp3) is 0.538. The van der Waals surface area contributed by atoms with Crippen molar-refractivity contribution in [1.82, 2.24) is 0 Å². The van der Waals surface area contributed by atoms with Gasteiger partial charge in [0.25, 0.3) is 0 Å². The van der Waals surface area contributed by atoms with Gasteiger partial charge in [0, 0.05) is 16.5 Å². The van der Waals surface area contributed by atoms with Gasteiger partial charge in [0.05, 0.1) is 11.5 Å². The van der Waals surface area contributed by atoms with Crippen molar-refractivity contribution in [2.24, 2.45) is 5.41 Å². The average Bonchev–Trinajstić information content (AvgIpc) is 2.86. The van der Waals surface area contributed by atoms with E-state index in [1.54, 1.807) is 12.1 Å². The Morgan fingerprint density at radius 1 is 1.42 bits per heavy atom. The summed E-state index contributed by atoms with van der Waals surface area (Å²) in [6, 6.07) is 4.48. The average molecular weight is 302 g/mol. The minimum Gasteiger partial charge on any atom is -0.486 e. The molecule has 0 aliphatic heterocycles. The van der Waals surface area contributed by atoms with Gasteiger partial charge in [-0.2, -0.15) is 12.6 Å². The number of ether oxygens (including phenoxy) is 1. The van der Waals surface area contributed by atoms with E-state index in [-0.39, 0.29) is 16.9 Å². The van der Waals surface area contributed by atoms with Crippen LogP contribution in [0.4, 0.5) is 5.69 Å². The van der Waals surface area contributed by atoms with Gasteiger partial charge in [-0.1, -0.05) is 24.4 Å². The molecule has 2 rings (SSSR count). The SMILES string of the molecule is O=[N+]([O-])c1cc(Cl)ccc1OCC1(CS)CCCC1. The Hall–Kier alpha value is -0.940. The fourth-order valence-corrected chi connectivity index (χ4v) is 3.03. The quantitative estimate of drug-likeness (QED) is 0.506. The van der Waals surface area contributed by atoms with Crippen LogP contribution in [0.25, 0.3) is 0 Å². The van der Waals surface area contributed by atoms with Crippen LogP contribution < -0.4 is 4.74 Å². The molecule has 1 aromatic rings. The van der Waals surface area contributed by atoms with Crippen molar-refractivity contribution in [2.75, 3.05) is 12.4 Å². The van der Waals surface area contributed by atoms with Gasteiger partial charge >= 0.3 is 5.69 Å². The van der Waals surface area contributed by atoms with Gasteiger partial charge in [0.15, 0.2) is 5.75 Å². The first-order valence-electron chi connectivity index (χ1n) is 6.24. The number of thiol groups is 1. The number of nitro groups is 1. The molecule has 19 heavy (non-hydrogen) atoms. The molecule has 1 saturated carbocycles. The predicted molar refractivity (Wildman–Crippen MR) is 78.4 cm³/mol. The zero-order chi connectivity index (χ0) is 13.9. The fourth-order valence-electron chi connectivity index (χ4n) is 2.46. The highest BCUT2D eigenvalue weighted by atomic mass is 35.5. The zero-order valence-electron chi connectivity index (χ0n) is 10.5. The molecule has 104 valence electrons. The van der Waals surface area contributed by atoms with E-state index in [4.69, 9.17) is 16.3 Å². The van der Waals surface area contributed by atoms with Crippen LogP contribution in [0, 0.1) is 15.5 Å². The molecule has 0 bridgehead atoms. The summed E-state index contributed by atoms with van der Waals surface area (Å²) in [4.78, 5) is 10.5. The molecule has 0 aromatic heterocycles. The first-order chi connectivity index (χ1) is 9.06. The molecule has 0 heterocycles. The smallest absolute Gasteiger partial charge is 0.312 e. The van der Waals surface area contributed by atoms with Crippen LogP contribution in [0.1, 0.15) is 25.7 Å². The van der Waals surface area contributed by atoms with Gasteiger partial charge in [-0.05, 0) is 30.7 Å². The molecule has 1 aliphatic carbocycles. The first-order valence-corrected chi connectivity index (χ1v) is 7.25. The summed E-state index contributed by atoms with van der Waals surface area (Å²) in [5.74, 6) is 1.02. The molecule has 0 spiro atoms. The van der Waals surface area contributed by atoms with Gasteiger partial charge in [0.2, 0.25) is 0 Å². The van der Waals surface area contributed by atoms with Crippen LogP contribution >= 0.6 is 24.2 Å². The zero-order valence-corrected chi connectivity index (χ0v) is 12.1. The summed E-state index contributed by atoms with van der Waals surface area (Å²) in [7, 11) is 0. The maximum atomic E-state index is 11.0. The lowest BCUT2D eigenvalue weighted by molar-refractivity contribution is -0.385. The number of rotatable bonds is 5. The van der Waals surface area contributed by atoms with E-state index in [2.05, 4.69) is 12.6 Å². The van der Waals surface area contributed by atoms with E-state index in [9.17, 15) is 10.1 Å². The third-order valence-corrected chi connectivity index (χ3v) is 4.56. The Labute approximate surface area is 122 Å². The number of benzene rings is 1. The molecule has 1 aliphatic rings. The highest BCUT2D eigenvalue weighted by Gasteiger charge is 2.34. The Bertz CT molecular complexity index is 475. The Balaban J connectivity index is 2.13. The Morgan fingerprint density at radius 3 is 2.68 bits per heavy atom. The van der Waals surface area contributed by atoms with Crippen LogP contribution in [0.15, 0.2) is 18.2 Å². The van der Waals surface area contributed by atoms with Crippen LogP contribution in [-0.4, -0.2) is 17.3 Å². The van der Waals surface area contributed by atoms with Gasteiger partial charge < -0.3 is 4.74 Å². The summed E-state index contributed by atoms with van der Waals surface area (Å²) in [5.41, 5.74) is -0.0313. The van der Waals surface area contributed by atoms with Gasteiger partial charge in [0.1, 0.15) is 0 Å². The minimum atomic E-state index is -0.469. The maximum Gasteiger partial charge on any atom is 0.312 e. The molecule has 4 nitrogen and oxygen atoms in total. The molecule has 0 unspecified atom stereocenters. The molecule has 1 fully saturated rings. The van der Waals surface area contributed by atoms with Gasteiger partial charge in [-0.25, -0.2) is 0 Å². The molecule has 1 aromatic carbocycles.